The first kappa shape index (κ1) is 12.0. The van der Waals surface area contributed by atoms with Crippen LogP contribution in [0.1, 0.15) is 37.7 Å². The summed E-state index contributed by atoms with van der Waals surface area (Å²) in [6, 6.07) is 0. The third-order valence-corrected chi connectivity index (χ3v) is 3.11. The first-order valence-electron chi connectivity index (χ1n) is 4.94. The summed E-state index contributed by atoms with van der Waals surface area (Å²) in [5.41, 5.74) is 5.98. The lowest BCUT2D eigenvalue weighted by molar-refractivity contribution is 0.0931. The summed E-state index contributed by atoms with van der Waals surface area (Å²) in [6.45, 7) is 6.98. The van der Waals surface area contributed by atoms with Gasteiger partial charge in [0.05, 0.1) is 0 Å². The number of nitrogens with two attached hydrogens (primary N) is 1. The largest absolute Gasteiger partial charge is 0.375 e. The quantitative estimate of drug-likeness (QED) is 0.825. The zero-order chi connectivity index (χ0) is 11.5. The fraction of sp³-hybridized carbons (Fsp3) is 0.600. The Balaban J connectivity index is 2.50. The first-order chi connectivity index (χ1) is 6.94. The van der Waals surface area contributed by atoms with Crippen molar-refractivity contribution in [2.75, 3.05) is 12.3 Å². The number of anilines is 1. The lowest BCUT2D eigenvalue weighted by Crippen LogP contribution is -2.33. The number of nitrogen functional groups attached to an aromatic ring is 1. The van der Waals surface area contributed by atoms with Crippen LogP contribution < -0.4 is 11.1 Å². The molecule has 1 rings (SSSR count). The highest BCUT2D eigenvalue weighted by atomic mass is 32.1. The van der Waals surface area contributed by atoms with Gasteiger partial charge in [0.2, 0.25) is 0 Å². The lowest BCUT2D eigenvalue weighted by Gasteiger charge is -2.22. The molecule has 0 aliphatic rings. The van der Waals surface area contributed by atoms with Crippen molar-refractivity contribution >= 4 is 22.4 Å². The number of rotatable bonds is 4. The third-order valence-electron chi connectivity index (χ3n) is 2.44. The van der Waals surface area contributed by atoms with E-state index in [4.69, 9.17) is 5.73 Å². The smallest absolute Gasteiger partial charge is 0.270 e. The van der Waals surface area contributed by atoms with E-state index >= 15 is 0 Å². The topological polar surface area (TPSA) is 68.0 Å². The van der Waals surface area contributed by atoms with Crippen molar-refractivity contribution in [1.82, 2.24) is 10.3 Å². The number of hydrogen-bond acceptors (Lipinski definition) is 4. The molecule has 0 atom stereocenters. The van der Waals surface area contributed by atoms with Gasteiger partial charge in [0, 0.05) is 11.9 Å². The van der Waals surface area contributed by atoms with Crippen molar-refractivity contribution in [1.29, 1.82) is 0 Å². The van der Waals surface area contributed by atoms with Crippen LogP contribution in [-0.4, -0.2) is 17.4 Å². The summed E-state index contributed by atoms with van der Waals surface area (Å²) in [7, 11) is 0. The molecular formula is C10H17N3OS. The van der Waals surface area contributed by atoms with Gasteiger partial charge in [-0.1, -0.05) is 20.8 Å². The summed E-state index contributed by atoms with van der Waals surface area (Å²) in [4.78, 5) is 15.5. The average Bonchev–Trinajstić information content (AvgIpc) is 2.61. The number of thiazole rings is 1. The van der Waals surface area contributed by atoms with E-state index in [9.17, 15) is 4.79 Å². The van der Waals surface area contributed by atoms with Crippen molar-refractivity contribution in [2.45, 2.75) is 27.2 Å². The van der Waals surface area contributed by atoms with E-state index in [0.29, 0.717) is 17.4 Å². The van der Waals surface area contributed by atoms with Crippen molar-refractivity contribution < 1.29 is 4.79 Å². The van der Waals surface area contributed by atoms with Crippen molar-refractivity contribution in [2.24, 2.45) is 5.41 Å². The number of carbonyl (C=O) groups excluding carboxylic acids is 1. The Kier molecular flexibility index (Phi) is 3.68. The van der Waals surface area contributed by atoms with Gasteiger partial charge in [0.25, 0.3) is 5.91 Å². The van der Waals surface area contributed by atoms with Crippen LogP contribution in [0.4, 0.5) is 5.13 Å². The highest BCUT2D eigenvalue weighted by Gasteiger charge is 2.17. The van der Waals surface area contributed by atoms with Gasteiger partial charge in [-0.2, -0.15) is 0 Å². The summed E-state index contributed by atoms with van der Waals surface area (Å²) in [5, 5.41) is 4.95. The van der Waals surface area contributed by atoms with Gasteiger partial charge in [-0.25, -0.2) is 4.98 Å². The number of carbonyl (C=O) groups is 1. The minimum atomic E-state index is -0.149. The second kappa shape index (κ2) is 4.61. The van der Waals surface area contributed by atoms with Crippen molar-refractivity contribution in [3.63, 3.8) is 0 Å². The van der Waals surface area contributed by atoms with E-state index in [-0.39, 0.29) is 11.3 Å². The molecule has 0 unspecified atom stereocenters. The molecule has 1 heterocycles. The zero-order valence-corrected chi connectivity index (χ0v) is 10.1. The van der Waals surface area contributed by atoms with Gasteiger partial charge in [0.1, 0.15) is 5.69 Å². The molecule has 0 aromatic carbocycles. The summed E-state index contributed by atoms with van der Waals surface area (Å²) >= 11 is 1.28. The van der Waals surface area contributed by atoms with E-state index in [0.717, 1.165) is 6.42 Å². The predicted molar refractivity (Wildman–Crippen MR) is 62.9 cm³/mol. The molecule has 1 amide bonds. The predicted octanol–water partition coefficient (Wildman–Crippen LogP) is 1.89. The number of hydrogen-bond donors (Lipinski definition) is 2. The molecule has 1 aromatic heterocycles. The molecule has 0 saturated carbocycles. The minimum Gasteiger partial charge on any atom is -0.375 e. The molecule has 4 nitrogen and oxygen atoms in total. The van der Waals surface area contributed by atoms with E-state index in [1.54, 1.807) is 5.38 Å². The summed E-state index contributed by atoms with van der Waals surface area (Å²) in [6.07, 6.45) is 1.02. The zero-order valence-electron chi connectivity index (χ0n) is 9.33. The molecular weight excluding hydrogens is 210 g/mol. The monoisotopic (exact) mass is 227 g/mol. The Labute approximate surface area is 93.9 Å². The van der Waals surface area contributed by atoms with E-state index in [1.165, 1.54) is 11.3 Å². The molecule has 0 spiro atoms. The number of amides is 1. The van der Waals surface area contributed by atoms with Crippen LogP contribution in [-0.2, 0) is 0 Å². The summed E-state index contributed by atoms with van der Waals surface area (Å²) in [5.74, 6) is -0.149. The number of nitrogens with zero attached hydrogens (tertiary/aromatic N) is 1. The molecule has 0 fully saturated rings. The average molecular weight is 227 g/mol. The van der Waals surface area contributed by atoms with Gasteiger partial charge in [-0.3, -0.25) is 4.79 Å². The molecule has 3 N–H and O–H groups in total. The van der Waals surface area contributed by atoms with Crippen LogP contribution in [0.5, 0.6) is 0 Å². The van der Waals surface area contributed by atoms with Crippen LogP contribution >= 0.6 is 11.3 Å². The number of aromatic nitrogens is 1. The molecule has 5 heteroatoms. The van der Waals surface area contributed by atoms with Crippen LogP contribution in [0, 0.1) is 5.41 Å². The maximum absolute atomic E-state index is 11.6. The molecule has 0 bridgehead atoms. The third kappa shape index (κ3) is 3.51. The standard InChI is InChI=1S/C10H17N3OS/c1-4-10(2,3)6-12-8(14)7-5-15-9(11)13-7/h5H,4,6H2,1-3H3,(H2,11,13)(H,12,14). The Morgan fingerprint density at radius 3 is 2.80 bits per heavy atom. The fourth-order valence-corrected chi connectivity index (χ4v) is 1.47. The van der Waals surface area contributed by atoms with Gasteiger partial charge in [0.15, 0.2) is 5.13 Å². The van der Waals surface area contributed by atoms with E-state index in [1.807, 2.05) is 0 Å². The van der Waals surface area contributed by atoms with Crippen LogP contribution in [0.3, 0.4) is 0 Å². The van der Waals surface area contributed by atoms with Gasteiger partial charge in [-0.15, -0.1) is 11.3 Å². The second-order valence-electron chi connectivity index (χ2n) is 4.27. The van der Waals surface area contributed by atoms with Gasteiger partial charge >= 0.3 is 0 Å². The second-order valence-corrected chi connectivity index (χ2v) is 5.16. The minimum absolute atomic E-state index is 0.122. The Morgan fingerprint density at radius 2 is 2.33 bits per heavy atom. The molecule has 0 aliphatic heterocycles. The highest BCUT2D eigenvalue weighted by molar-refractivity contribution is 7.13. The molecule has 15 heavy (non-hydrogen) atoms. The number of nitrogens with one attached hydrogen (secondary N) is 1. The van der Waals surface area contributed by atoms with Crippen LogP contribution in [0.2, 0.25) is 0 Å². The van der Waals surface area contributed by atoms with Crippen molar-refractivity contribution in [3.8, 4) is 0 Å². The fourth-order valence-electron chi connectivity index (χ4n) is 0.927. The highest BCUT2D eigenvalue weighted by Crippen LogP contribution is 2.18. The van der Waals surface area contributed by atoms with Gasteiger partial charge < -0.3 is 11.1 Å². The van der Waals surface area contributed by atoms with E-state index in [2.05, 4.69) is 31.1 Å². The molecule has 1 aromatic rings. The lowest BCUT2D eigenvalue weighted by atomic mass is 9.90. The SMILES string of the molecule is CCC(C)(C)CNC(=O)c1csc(N)n1. The maximum Gasteiger partial charge on any atom is 0.270 e. The Hall–Kier alpha value is -1.10. The normalized spacial score (nSPS) is 11.4. The molecule has 84 valence electrons. The van der Waals surface area contributed by atoms with Gasteiger partial charge in [-0.05, 0) is 11.8 Å². The Bertz CT molecular complexity index is 346. The molecule has 0 saturated heterocycles. The maximum atomic E-state index is 11.6. The van der Waals surface area contributed by atoms with Crippen LogP contribution in [0.25, 0.3) is 0 Å². The van der Waals surface area contributed by atoms with E-state index < -0.39 is 0 Å². The van der Waals surface area contributed by atoms with Crippen molar-refractivity contribution in [3.05, 3.63) is 11.1 Å². The first-order valence-corrected chi connectivity index (χ1v) is 5.82. The van der Waals surface area contributed by atoms with Crippen LogP contribution in [0.15, 0.2) is 5.38 Å². The summed E-state index contributed by atoms with van der Waals surface area (Å²) < 4.78 is 0. The Morgan fingerprint density at radius 1 is 1.67 bits per heavy atom. The molecule has 0 aliphatic carbocycles. The molecule has 0 radical (unpaired) electrons.